The van der Waals surface area contributed by atoms with Crippen molar-refractivity contribution < 1.29 is 4.74 Å². The SMILES string of the molecule is NCC1(Oc2cccc3cccnc23)CCCC1. The van der Waals surface area contributed by atoms with Gasteiger partial charge in [0.15, 0.2) is 0 Å². The Bertz CT molecular complexity index is 542. The summed E-state index contributed by atoms with van der Waals surface area (Å²) in [4.78, 5) is 4.42. The van der Waals surface area contributed by atoms with Crippen LogP contribution < -0.4 is 10.5 Å². The second kappa shape index (κ2) is 4.58. The second-order valence-corrected chi connectivity index (χ2v) is 5.03. The molecule has 18 heavy (non-hydrogen) atoms. The molecule has 0 unspecified atom stereocenters. The highest BCUT2D eigenvalue weighted by Gasteiger charge is 2.35. The average molecular weight is 242 g/mol. The highest BCUT2D eigenvalue weighted by Crippen LogP contribution is 2.35. The van der Waals surface area contributed by atoms with E-state index in [1.54, 1.807) is 6.20 Å². The Hall–Kier alpha value is -1.61. The Morgan fingerprint density at radius 3 is 2.72 bits per heavy atom. The van der Waals surface area contributed by atoms with Crippen LogP contribution in [-0.4, -0.2) is 17.1 Å². The molecule has 1 heterocycles. The van der Waals surface area contributed by atoms with Crippen LogP contribution in [0.3, 0.4) is 0 Å². The number of ether oxygens (including phenoxy) is 1. The van der Waals surface area contributed by atoms with E-state index in [9.17, 15) is 0 Å². The van der Waals surface area contributed by atoms with Gasteiger partial charge in [0.25, 0.3) is 0 Å². The lowest BCUT2D eigenvalue weighted by Crippen LogP contribution is -2.40. The average Bonchev–Trinajstić information content (AvgIpc) is 2.88. The van der Waals surface area contributed by atoms with Gasteiger partial charge in [-0.3, -0.25) is 4.98 Å². The van der Waals surface area contributed by atoms with Gasteiger partial charge in [0.2, 0.25) is 0 Å². The van der Waals surface area contributed by atoms with Gasteiger partial charge in [-0.05, 0) is 37.8 Å². The molecule has 1 saturated carbocycles. The van der Waals surface area contributed by atoms with Crippen molar-refractivity contribution in [3.05, 3.63) is 36.5 Å². The lowest BCUT2D eigenvalue weighted by Gasteiger charge is -2.29. The number of para-hydroxylation sites is 1. The van der Waals surface area contributed by atoms with Gasteiger partial charge in [-0.15, -0.1) is 0 Å². The van der Waals surface area contributed by atoms with Crippen LogP contribution in [0, 0.1) is 0 Å². The molecule has 3 rings (SSSR count). The summed E-state index contributed by atoms with van der Waals surface area (Å²) < 4.78 is 6.24. The lowest BCUT2D eigenvalue weighted by atomic mass is 10.0. The Balaban J connectivity index is 1.99. The maximum Gasteiger partial charge on any atom is 0.146 e. The molecule has 94 valence electrons. The van der Waals surface area contributed by atoms with Crippen LogP contribution in [0.5, 0.6) is 5.75 Å². The number of nitrogens with zero attached hydrogens (tertiary/aromatic N) is 1. The molecule has 2 aromatic rings. The first-order chi connectivity index (χ1) is 8.83. The maximum atomic E-state index is 6.24. The summed E-state index contributed by atoms with van der Waals surface area (Å²) in [6, 6.07) is 10.1. The van der Waals surface area contributed by atoms with Crippen LogP contribution in [0.15, 0.2) is 36.5 Å². The van der Waals surface area contributed by atoms with Crippen molar-refractivity contribution >= 4 is 10.9 Å². The fourth-order valence-electron chi connectivity index (χ4n) is 2.76. The highest BCUT2D eigenvalue weighted by molar-refractivity contribution is 5.84. The molecule has 0 saturated heterocycles. The summed E-state index contributed by atoms with van der Waals surface area (Å²) in [6.45, 7) is 0.580. The predicted molar refractivity (Wildman–Crippen MR) is 72.6 cm³/mol. The van der Waals surface area contributed by atoms with Crippen molar-refractivity contribution in [1.82, 2.24) is 4.98 Å². The van der Waals surface area contributed by atoms with Gasteiger partial charge in [-0.2, -0.15) is 0 Å². The van der Waals surface area contributed by atoms with E-state index in [2.05, 4.69) is 17.1 Å². The van der Waals surface area contributed by atoms with Crippen molar-refractivity contribution in [2.75, 3.05) is 6.54 Å². The molecule has 0 atom stereocenters. The van der Waals surface area contributed by atoms with E-state index in [0.29, 0.717) is 6.54 Å². The third-order valence-corrected chi connectivity index (χ3v) is 3.81. The molecule has 2 N–H and O–H groups in total. The van der Waals surface area contributed by atoms with Gasteiger partial charge in [-0.1, -0.05) is 18.2 Å². The zero-order chi connectivity index (χ0) is 12.4. The van der Waals surface area contributed by atoms with E-state index < -0.39 is 0 Å². The first-order valence-corrected chi connectivity index (χ1v) is 6.56. The fraction of sp³-hybridized carbons (Fsp3) is 0.400. The minimum atomic E-state index is -0.175. The van der Waals surface area contributed by atoms with E-state index in [-0.39, 0.29) is 5.60 Å². The largest absolute Gasteiger partial charge is 0.484 e. The number of fused-ring (bicyclic) bond motifs is 1. The highest BCUT2D eigenvalue weighted by atomic mass is 16.5. The van der Waals surface area contributed by atoms with E-state index in [0.717, 1.165) is 29.5 Å². The van der Waals surface area contributed by atoms with Crippen molar-refractivity contribution in [3.8, 4) is 5.75 Å². The molecule has 0 bridgehead atoms. The van der Waals surface area contributed by atoms with Gasteiger partial charge in [-0.25, -0.2) is 0 Å². The monoisotopic (exact) mass is 242 g/mol. The van der Waals surface area contributed by atoms with E-state index in [1.807, 2.05) is 18.2 Å². The maximum absolute atomic E-state index is 6.24. The van der Waals surface area contributed by atoms with Crippen LogP contribution in [0.1, 0.15) is 25.7 Å². The van der Waals surface area contributed by atoms with Crippen molar-refractivity contribution in [3.63, 3.8) is 0 Å². The molecule has 0 spiro atoms. The number of hydrogen-bond donors (Lipinski definition) is 1. The standard InChI is InChI=1S/C15H18N2O/c16-11-15(8-1-2-9-15)18-13-7-3-5-12-6-4-10-17-14(12)13/h3-7,10H,1-2,8-9,11,16H2. The predicted octanol–water partition coefficient (Wildman–Crippen LogP) is 2.89. The summed E-state index contributed by atoms with van der Waals surface area (Å²) in [6.07, 6.45) is 6.31. The van der Waals surface area contributed by atoms with E-state index >= 15 is 0 Å². The molecule has 0 radical (unpaired) electrons. The van der Waals surface area contributed by atoms with Gasteiger partial charge < -0.3 is 10.5 Å². The van der Waals surface area contributed by atoms with Crippen LogP contribution in [0.2, 0.25) is 0 Å². The summed E-state index contributed by atoms with van der Waals surface area (Å²) >= 11 is 0. The Labute approximate surface area is 107 Å². The number of hydrogen-bond acceptors (Lipinski definition) is 3. The molecule has 0 aliphatic heterocycles. The minimum absolute atomic E-state index is 0.175. The quantitative estimate of drug-likeness (QED) is 0.900. The third-order valence-electron chi connectivity index (χ3n) is 3.81. The van der Waals surface area contributed by atoms with E-state index in [1.165, 1.54) is 12.8 Å². The number of aromatic nitrogens is 1. The molecule has 1 aliphatic rings. The Morgan fingerprint density at radius 2 is 1.94 bits per heavy atom. The number of rotatable bonds is 3. The molecule has 1 aromatic heterocycles. The van der Waals surface area contributed by atoms with Crippen LogP contribution in [0.4, 0.5) is 0 Å². The van der Waals surface area contributed by atoms with Crippen LogP contribution in [-0.2, 0) is 0 Å². The van der Waals surface area contributed by atoms with Crippen LogP contribution >= 0.6 is 0 Å². The van der Waals surface area contributed by atoms with Gasteiger partial charge in [0, 0.05) is 18.1 Å². The van der Waals surface area contributed by atoms with Crippen LogP contribution in [0.25, 0.3) is 10.9 Å². The molecule has 1 aromatic carbocycles. The Kier molecular flexibility index (Phi) is 2.92. The zero-order valence-electron chi connectivity index (χ0n) is 10.4. The molecule has 1 aliphatic carbocycles. The fourth-order valence-corrected chi connectivity index (χ4v) is 2.76. The van der Waals surface area contributed by atoms with Gasteiger partial charge in [0.05, 0.1) is 0 Å². The lowest BCUT2D eigenvalue weighted by molar-refractivity contribution is 0.0869. The van der Waals surface area contributed by atoms with Crippen molar-refractivity contribution in [2.45, 2.75) is 31.3 Å². The summed E-state index contributed by atoms with van der Waals surface area (Å²) in [5.74, 6) is 0.862. The number of nitrogens with two attached hydrogens (primary N) is 1. The van der Waals surface area contributed by atoms with Crippen molar-refractivity contribution in [1.29, 1.82) is 0 Å². The first kappa shape index (κ1) is 11.5. The number of pyridine rings is 1. The van der Waals surface area contributed by atoms with Gasteiger partial charge >= 0.3 is 0 Å². The number of benzene rings is 1. The summed E-state index contributed by atoms with van der Waals surface area (Å²) in [5.41, 5.74) is 6.67. The Morgan fingerprint density at radius 1 is 1.17 bits per heavy atom. The second-order valence-electron chi connectivity index (χ2n) is 5.03. The third kappa shape index (κ3) is 1.95. The summed E-state index contributed by atoms with van der Waals surface area (Å²) in [7, 11) is 0. The first-order valence-electron chi connectivity index (χ1n) is 6.56. The smallest absolute Gasteiger partial charge is 0.146 e. The molecule has 3 heteroatoms. The molecule has 0 amide bonds. The van der Waals surface area contributed by atoms with E-state index in [4.69, 9.17) is 10.5 Å². The van der Waals surface area contributed by atoms with Gasteiger partial charge in [0.1, 0.15) is 16.9 Å². The van der Waals surface area contributed by atoms with Crippen molar-refractivity contribution in [2.24, 2.45) is 5.73 Å². The normalized spacial score (nSPS) is 18.1. The zero-order valence-corrected chi connectivity index (χ0v) is 10.4. The molecule has 1 fully saturated rings. The minimum Gasteiger partial charge on any atom is -0.484 e. The topological polar surface area (TPSA) is 48.1 Å². The molecular formula is C15H18N2O. The molecular weight excluding hydrogens is 224 g/mol. The molecule has 3 nitrogen and oxygen atoms in total. The summed E-state index contributed by atoms with van der Waals surface area (Å²) in [5, 5.41) is 1.11.